The van der Waals surface area contributed by atoms with Gasteiger partial charge in [-0.15, -0.1) is 0 Å². The Morgan fingerprint density at radius 3 is 2.31 bits per heavy atom. The van der Waals surface area contributed by atoms with Crippen LogP contribution in [0.4, 0.5) is 0 Å². The maximum absolute atomic E-state index is 11.2. The van der Waals surface area contributed by atoms with E-state index in [4.69, 9.17) is 0 Å². The van der Waals surface area contributed by atoms with Crippen LogP contribution in [0.3, 0.4) is 0 Å². The van der Waals surface area contributed by atoms with Crippen LogP contribution in [0.1, 0.15) is 19.4 Å². The Bertz CT molecular complexity index is 303. The van der Waals surface area contributed by atoms with Gasteiger partial charge in [-0.3, -0.25) is 0 Å². The summed E-state index contributed by atoms with van der Waals surface area (Å²) < 4.78 is 1.97. The fraction of sp³-hybridized carbons (Fsp3) is 0.300. The Balaban J connectivity index is 2.85. The molecular formula is C10H12BrNO. The third kappa shape index (κ3) is 3.19. The number of rotatable bonds is 2. The summed E-state index contributed by atoms with van der Waals surface area (Å²) in [5.41, 5.74) is 0.923. The SMILES string of the molecule is CC(C)/[N+]([O-])=C/c1ccc(Br)cc1. The van der Waals surface area contributed by atoms with Crippen LogP contribution in [0.25, 0.3) is 0 Å². The van der Waals surface area contributed by atoms with Crippen LogP contribution in [0.5, 0.6) is 0 Å². The van der Waals surface area contributed by atoms with Gasteiger partial charge in [-0.25, -0.2) is 4.74 Å². The third-order valence-electron chi connectivity index (χ3n) is 1.66. The van der Waals surface area contributed by atoms with Crippen molar-refractivity contribution < 1.29 is 4.74 Å². The van der Waals surface area contributed by atoms with Crippen LogP contribution in [-0.2, 0) is 0 Å². The molecular weight excluding hydrogens is 230 g/mol. The van der Waals surface area contributed by atoms with Crippen LogP contribution < -0.4 is 0 Å². The standard InChI is InChI=1S/C10H12BrNO/c1-8(2)12(13)7-9-3-5-10(11)6-4-9/h3-8H,1-2H3/b12-7-. The van der Waals surface area contributed by atoms with E-state index in [-0.39, 0.29) is 6.04 Å². The van der Waals surface area contributed by atoms with E-state index in [9.17, 15) is 5.21 Å². The van der Waals surface area contributed by atoms with Crippen molar-refractivity contribution in [3.05, 3.63) is 39.5 Å². The zero-order valence-corrected chi connectivity index (χ0v) is 9.28. The molecule has 0 aliphatic rings. The Labute approximate surface area is 86.6 Å². The fourth-order valence-electron chi connectivity index (χ4n) is 0.845. The molecule has 0 N–H and O–H groups in total. The molecule has 0 amide bonds. The van der Waals surface area contributed by atoms with Gasteiger partial charge in [0, 0.05) is 10.0 Å². The highest BCUT2D eigenvalue weighted by molar-refractivity contribution is 9.10. The summed E-state index contributed by atoms with van der Waals surface area (Å²) in [4.78, 5) is 0. The predicted octanol–water partition coefficient (Wildman–Crippen LogP) is 2.79. The maximum atomic E-state index is 11.2. The molecule has 70 valence electrons. The highest BCUT2D eigenvalue weighted by atomic mass is 79.9. The molecule has 0 aliphatic carbocycles. The molecule has 1 rings (SSSR count). The summed E-state index contributed by atoms with van der Waals surface area (Å²) in [6, 6.07) is 7.62. The van der Waals surface area contributed by atoms with E-state index in [1.807, 2.05) is 38.1 Å². The van der Waals surface area contributed by atoms with Crippen molar-refractivity contribution >= 4 is 22.1 Å². The largest absolute Gasteiger partial charge is 0.624 e. The molecule has 0 heterocycles. The van der Waals surface area contributed by atoms with Gasteiger partial charge in [0.1, 0.15) is 0 Å². The smallest absolute Gasteiger partial charge is 0.182 e. The van der Waals surface area contributed by atoms with Gasteiger partial charge in [-0.05, 0) is 38.1 Å². The summed E-state index contributed by atoms with van der Waals surface area (Å²) >= 11 is 3.33. The Hall–Kier alpha value is -0.830. The number of hydrogen-bond donors (Lipinski definition) is 0. The van der Waals surface area contributed by atoms with Crippen molar-refractivity contribution in [3.63, 3.8) is 0 Å². The van der Waals surface area contributed by atoms with Crippen molar-refractivity contribution in [2.24, 2.45) is 0 Å². The normalized spacial score (nSPS) is 12.2. The second kappa shape index (κ2) is 4.42. The Morgan fingerprint density at radius 1 is 1.31 bits per heavy atom. The highest BCUT2D eigenvalue weighted by Crippen LogP contribution is 2.09. The monoisotopic (exact) mass is 241 g/mol. The number of hydroxylamine groups is 1. The topological polar surface area (TPSA) is 26.1 Å². The summed E-state index contributed by atoms with van der Waals surface area (Å²) in [6.45, 7) is 3.73. The minimum absolute atomic E-state index is 0.0105. The molecule has 2 nitrogen and oxygen atoms in total. The predicted molar refractivity (Wildman–Crippen MR) is 58.1 cm³/mol. The average molecular weight is 242 g/mol. The fourth-order valence-corrected chi connectivity index (χ4v) is 1.11. The minimum Gasteiger partial charge on any atom is -0.624 e. The summed E-state index contributed by atoms with van der Waals surface area (Å²) in [6.07, 6.45) is 1.59. The molecule has 0 spiro atoms. The van der Waals surface area contributed by atoms with Gasteiger partial charge in [0.2, 0.25) is 0 Å². The van der Waals surface area contributed by atoms with E-state index in [1.54, 1.807) is 6.21 Å². The van der Waals surface area contributed by atoms with Crippen molar-refractivity contribution in [2.45, 2.75) is 19.9 Å². The maximum Gasteiger partial charge on any atom is 0.182 e. The Kier molecular flexibility index (Phi) is 3.48. The highest BCUT2D eigenvalue weighted by Gasteiger charge is 1.99. The van der Waals surface area contributed by atoms with Crippen LogP contribution in [-0.4, -0.2) is 17.0 Å². The number of halogens is 1. The molecule has 13 heavy (non-hydrogen) atoms. The molecule has 0 saturated heterocycles. The first-order valence-corrected chi connectivity index (χ1v) is 4.95. The van der Waals surface area contributed by atoms with E-state index in [2.05, 4.69) is 15.9 Å². The lowest BCUT2D eigenvalue weighted by molar-refractivity contribution is -0.487. The van der Waals surface area contributed by atoms with Gasteiger partial charge in [-0.2, -0.15) is 0 Å². The molecule has 0 bridgehead atoms. The number of hydrogen-bond acceptors (Lipinski definition) is 1. The molecule has 0 saturated carbocycles. The zero-order valence-electron chi connectivity index (χ0n) is 7.70. The number of nitrogens with zero attached hydrogens (tertiary/aromatic N) is 1. The molecule has 0 aliphatic heterocycles. The van der Waals surface area contributed by atoms with Gasteiger partial charge >= 0.3 is 0 Å². The zero-order chi connectivity index (χ0) is 9.84. The first-order chi connectivity index (χ1) is 6.09. The van der Waals surface area contributed by atoms with Crippen molar-refractivity contribution in [1.29, 1.82) is 0 Å². The van der Waals surface area contributed by atoms with E-state index in [0.29, 0.717) is 0 Å². The molecule has 0 unspecified atom stereocenters. The number of benzene rings is 1. The molecule has 0 aromatic heterocycles. The van der Waals surface area contributed by atoms with Crippen LogP contribution in [0, 0.1) is 5.21 Å². The third-order valence-corrected chi connectivity index (χ3v) is 2.18. The molecule has 3 heteroatoms. The van der Waals surface area contributed by atoms with Crippen LogP contribution in [0.2, 0.25) is 0 Å². The second-order valence-corrected chi connectivity index (χ2v) is 4.05. The van der Waals surface area contributed by atoms with Crippen molar-refractivity contribution in [1.82, 2.24) is 0 Å². The molecule has 0 atom stereocenters. The Morgan fingerprint density at radius 2 is 1.85 bits per heavy atom. The molecule has 0 fully saturated rings. The minimum atomic E-state index is -0.0105. The van der Waals surface area contributed by atoms with Gasteiger partial charge in [-0.1, -0.05) is 15.9 Å². The lowest BCUT2D eigenvalue weighted by Crippen LogP contribution is -2.14. The summed E-state index contributed by atoms with van der Waals surface area (Å²) in [5.74, 6) is 0. The summed E-state index contributed by atoms with van der Waals surface area (Å²) in [5, 5.41) is 11.2. The lowest BCUT2D eigenvalue weighted by Gasteiger charge is -2.06. The van der Waals surface area contributed by atoms with Crippen LogP contribution >= 0.6 is 15.9 Å². The first kappa shape index (κ1) is 10.3. The first-order valence-electron chi connectivity index (χ1n) is 4.15. The second-order valence-electron chi connectivity index (χ2n) is 3.13. The van der Waals surface area contributed by atoms with Gasteiger partial charge < -0.3 is 5.21 Å². The molecule has 1 aromatic rings. The van der Waals surface area contributed by atoms with Crippen molar-refractivity contribution in [2.75, 3.05) is 0 Å². The van der Waals surface area contributed by atoms with E-state index < -0.39 is 0 Å². The van der Waals surface area contributed by atoms with Gasteiger partial charge in [0.15, 0.2) is 12.3 Å². The van der Waals surface area contributed by atoms with E-state index in [0.717, 1.165) is 14.8 Å². The van der Waals surface area contributed by atoms with Gasteiger partial charge in [0.05, 0.1) is 0 Å². The summed E-state index contributed by atoms with van der Waals surface area (Å²) in [7, 11) is 0. The van der Waals surface area contributed by atoms with Crippen LogP contribution in [0.15, 0.2) is 28.7 Å². The lowest BCUT2D eigenvalue weighted by atomic mass is 10.2. The quantitative estimate of drug-likeness (QED) is 0.339. The molecule has 0 radical (unpaired) electrons. The van der Waals surface area contributed by atoms with Crippen molar-refractivity contribution in [3.8, 4) is 0 Å². The van der Waals surface area contributed by atoms with E-state index in [1.165, 1.54) is 0 Å². The van der Waals surface area contributed by atoms with Gasteiger partial charge in [0.25, 0.3) is 0 Å². The molecule has 1 aromatic carbocycles. The van der Waals surface area contributed by atoms with E-state index >= 15 is 0 Å². The average Bonchev–Trinajstić information content (AvgIpc) is 2.08.